The van der Waals surface area contributed by atoms with Crippen LogP contribution in [-0.4, -0.2) is 13.2 Å². The molecule has 0 heterocycles. The summed E-state index contributed by atoms with van der Waals surface area (Å²) in [5.74, 6) is 0.978. The predicted octanol–water partition coefficient (Wildman–Crippen LogP) is 8.01. The number of methoxy groups -OCH3 is 1. The van der Waals surface area contributed by atoms with Gasteiger partial charge in [-0.2, -0.15) is 26.3 Å². The zero-order valence-electron chi connectivity index (χ0n) is 21.9. The van der Waals surface area contributed by atoms with E-state index in [9.17, 15) is 26.3 Å². The Bertz CT molecular complexity index is 1230. The van der Waals surface area contributed by atoms with E-state index in [1.165, 1.54) is 0 Å². The highest BCUT2D eigenvalue weighted by molar-refractivity contribution is 5.74. The Hall–Kier alpha value is -3.04. The van der Waals surface area contributed by atoms with E-state index in [0.29, 0.717) is 23.8 Å². The number of hydrogen-bond acceptors (Lipinski definition) is 3. The molecule has 2 atom stereocenters. The van der Waals surface area contributed by atoms with Crippen molar-refractivity contribution in [1.29, 1.82) is 0 Å². The molecule has 3 rings (SSSR count). The van der Waals surface area contributed by atoms with E-state index in [2.05, 4.69) is 25.2 Å². The normalized spacial score (nSPS) is 14.0. The highest BCUT2D eigenvalue weighted by atomic mass is 19.4. The monoisotopic (exact) mass is 538 g/mol. The van der Waals surface area contributed by atoms with Crippen LogP contribution in [0.3, 0.4) is 0 Å². The SMILES string of the molecule is COc1ccc(C(C)C)cc1-c1ccc(C)cc1CN[C@@H](C)[C@H](N)c1cc(C(F)(F)F)cc(C(F)(F)F)c1. The maximum absolute atomic E-state index is 13.3. The summed E-state index contributed by atoms with van der Waals surface area (Å²) in [6, 6.07) is 11.6. The summed E-state index contributed by atoms with van der Waals surface area (Å²) in [7, 11) is 1.59. The molecule has 0 radical (unpaired) electrons. The zero-order valence-corrected chi connectivity index (χ0v) is 21.9. The third-order valence-electron chi connectivity index (χ3n) is 6.59. The van der Waals surface area contributed by atoms with Crippen LogP contribution in [-0.2, 0) is 18.9 Å². The van der Waals surface area contributed by atoms with Gasteiger partial charge in [-0.05, 0) is 72.4 Å². The van der Waals surface area contributed by atoms with Gasteiger partial charge in [0.25, 0.3) is 0 Å². The highest BCUT2D eigenvalue weighted by Crippen LogP contribution is 2.38. The van der Waals surface area contributed by atoms with Gasteiger partial charge < -0.3 is 15.8 Å². The van der Waals surface area contributed by atoms with Gasteiger partial charge in [0, 0.05) is 24.2 Å². The number of benzene rings is 3. The van der Waals surface area contributed by atoms with Gasteiger partial charge in [-0.15, -0.1) is 0 Å². The summed E-state index contributed by atoms with van der Waals surface area (Å²) in [6.45, 7) is 8.03. The van der Waals surface area contributed by atoms with E-state index in [4.69, 9.17) is 10.5 Å². The molecule has 3 aromatic carbocycles. The molecule has 0 aromatic heterocycles. The highest BCUT2D eigenvalue weighted by Gasteiger charge is 2.37. The molecule has 0 saturated carbocycles. The number of ether oxygens (including phenoxy) is 1. The number of hydrogen-bond donors (Lipinski definition) is 2. The smallest absolute Gasteiger partial charge is 0.416 e. The lowest BCUT2D eigenvalue weighted by Gasteiger charge is -2.25. The van der Waals surface area contributed by atoms with E-state index in [1.54, 1.807) is 14.0 Å². The van der Waals surface area contributed by atoms with Gasteiger partial charge in [-0.1, -0.05) is 43.7 Å². The lowest BCUT2D eigenvalue weighted by atomic mass is 9.92. The summed E-state index contributed by atoms with van der Waals surface area (Å²) in [5.41, 5.74) is 7.97. The van der Waals surface area contributed by atoms with Crippen molar-refractivity contribution in [2.24, 2.45) is 5.73 Å². The fourth-order valence-corrected chi connectivity index (χ4v) is 4.28. The second kappa shape index (κ2) is 11.4. The van der Waals surface area contributed by atoms with Gasteiger partial charge >= 0.3 is 12.4 Å². The number of alkyl halides is 6. The van der Waals surface area contributed by atoms with Crippen LogP contribution in [0.4, 0.5) is 26.3 Å². The summed E-state index contributed by atoms with van der Waals surface area (Å²) in [5, 5.41) is 3.20. The molecule has 0 fully saturated rings. The van der Waals surface area contributed by atoms with E-state index in [1.807, 2.05) is 37.3 Å². The summed E-state index contributed by atoms with van der Waals surface area (Å²) < 4.78 is 85.5. The van der Waals surface area contributed by atoms with Gasteiger partial charge in [-0.3, -0.25) is 0 Å². The standard InChI is InChI=1S/C29H32F6N2O/c1-16(2)19-7-9-26(38-5)25(13-19)24-8-6-17(3)10-21(24)15-37-18(4)27(36)20-11-22(28(30,31)32)14-23(12-20)29(33,34)35/h6-14,16,18,27,37H,15,36H2,1-5H3/t18-,27-/m0/s1. The first-order chi connectivity index (χ1) is 17.6. The minimum absolute atomic E-state index is 0.103. The second-order valence-electron chi connectivity index (χ2n) is 9.81. The molecule has 38 heavy (non-hydrogen) atoms. The van der Waals surface area contributed by atoms with E-state index < -0.39 is 35.6 Å². The first kappa shape index (κ1) is 29.5. The van der Waals surface area contributed by atoms with Crippen LogP contribution in [0.1, 0.15) is 66.1 Å². The minimum atomic E-state index is -4.94. The molecule has 0 aliphatic carbocycles. The van der Waals surface area contributed by atoms with Crippen molar-refractivity contribution in [1.82, 2.24) is 5.32 Å². The van der Waals surface area contributed by atoms with Gasteiger partial charge in [0.05, 0.1) is 18.2 Å². The van der Waals surface area contributed by atoms with Gasteiger partial charge in [-0.25, -0.2) is 0 Å². The van der Waals surface area contributed by atoms with Gasteiger partial charge in [0.15, 0.2) is 0 Å². The van der Waals surface area contributed by atoms with Crippen LogP contribution < -0.4 is 15.8 Å². The molecular formula is C29H32F6N2O. The van der Waals surface area contributed by atoms with Crippen molar-refractivity contribution >= 4 is 0 Å². The Balaban J connectivity index is 1.93. The summed E-state index contributed by atoms with van der Waals surface area (Å²) in [6.07, 6.45) is -9.88. The predicted molar refractivity (Wildman–Crippen MR) is 137 cm³/mol. The molecular weight excluding hydrogens is 506 g/mol. The van der Waals surface area contributed by atoms with Crippen molar-refractivity contribution in [2.75, 3.05) is 7.11 Å². The molecule has 0 saturated heterocycles. The Kier molecular flexibility index (Phi) is 8.83. The lowest BCUT2D eigenvalue weighted by molar-refractivity contribution is -0.143. The van der Waals surface area contributed by atoms with Gasteiger partial charge in [0.2, 0.25) is 0 Å². The molecule has 0 amide bonds. The average molecular weight is 539 g/mol. The number of rotatable bonds is 8. The zero-order chi connectivity index (χ0) is 28.4. The molecule has 0 aliphatic heterocycles. The van der Waals surface area contributed by atoms with Crippen LogP contribution in [0.5, 0.6) is 5.75 Å². The fourth-order valence-electron chi connectivity index (χ4n) is 4.28. The number of nitrogens with one attached hydrogen (secondary N) is 1. The third kappa shape index (κ3) is 6.88. The first-order valence-corrected chi connectivity index (χ1v) is 12.2. The molecule has 3 nitrogen and oxygen atoms in total. The molecule has 206 valence electrons. The van der Waals surface area contributed by atoms with E-state index >= 15 is 0 Å². The van der Waals surface area contributed by atoms with Crippen molar-refractivity contribution in [3.63, 3.8) is 0 Å². The Morgan fingerprint density at radius 1 is 0.789 bits per heavy atom. The quantitative estimate of drug-likeness (QED) is 0.286. The fraction of sp³-hybridized carbons (Fsp3) is 0.379. The maximum Gasteiger partial charge on any atom is 0.416 e. The molecule has 9 heteroatoms. The second-order valence-corrected chi connectivity index (χ2v) is 9.81. The van der Waals surface area contributed by atoms with Gasteiger partial charge in [0.1, 0.15) is 5.75 Å². The van der Waals surface area contributed by atoms with E-state index in [0.717, 1.165) is 27.8 Å². The van der Waals surface area contributed by atoms with E-state index in [-0.39, 0.29) is 18.2 Å². The topological polar surface area (TPSA) is 47.3 Å². The summed E-state index contributed by atoms with van der Waals surface area (Å²) >= 11 is 0. The Morgan fingerprint density at radius 2 is 1.39 bits per heavy atom. The largest absolute Gasteiger partial charge is 0.496 e. The average Bonchev–Trinajstić information content (AvgIpc) is 2.85. The van der Waals surface area contributed by atoms with Crippen LogP contribution in [0.15, 0.2) is 54.6 Å². The maximum atomic E-state index is 13.3. The van der Waals surface area contributed by atoms with Crippen molar-refractivity contribution < 1.29 is 31.1 Å². The van der Waals surface area contributed by atoms with Crippen molar-refractivity contribution in [3.05, 3.63) is 88.0 Å². The van der Waals surface area contributed by atoms with Crippen LogP contribution in [0.2, 0.25) is 0 Å². The Labute approximate surface area is 219 Å². The molecule has 3 N–H and O–H groups in total. The molecule has 0 spiro atoms. The molecule has 0 aliphatic rings. The Morgan fingerprint density at radius 3 is 1.92 bits per heavy atom. The third-order valence-corrected chi connectivity index (χ3v) is 6.59. The number of nitrogens with two attached hydrogens (primary N) is 1. The first-order valence-electron chi connectivity index (χ1n) is 12.2. The molecule has 0 unspecified atom stereocenters. The number of halogens is 6. The van der Waals surface area contributed by atoms with Crippen LogP contribution in [0, 0.1) is 6.92 Å². The van der Waals surface area contributed by atoms with Crippen molar-refractivity contribution in [2.45, 2.75) is 64.6 Å². The lowest BCUT2D eigenvalue weighted by Crippen LogP contribution is -2.36. The number of aryl methyl sites for hydroxylation is 1. The van der Waals surface area contributed by atoms with Crippen LogP contribution >= 0.6 is 0 Å². The van der Waals surface area contributed by atoms with Crippen molar-refractivity contribution in [3.8, 4) is 16.9 Å². The molecule has 0 bridgehead atoms. The van der Waals surface area contributed by atoms with Crippen LogP contribution in [0.25, 0.3) is 11.1 Å². The molecule has 3 aromatic rings. The summed E-state index contributed by atoms with van der Waals surface area (Å²) in [4.78, 5) is 0. The minimum Gasteiger partial charge on any atom is -0.496 e.